The quantitative estimate of drug-likeness (QED) is 0.537. The Morgan fingerprint density at radius 1 is 0.708 bits per heavy atom. The van der Waals surface area contributed by atoms with Gasteiger partial charge in [0.05, 0.1) is 12.1 Å². The van der Waals surface area contributed by atoms with E-state index in [2.05, 4.69) is 34.2 Å². The van der Waals surface area contributed by atoms with Gasteiger partial charge in [0.15, 0.2) is 5.76 Å². The van der Waals surface area contributed by atoms with Crippen molar-refractivity contribution in [1.29, 1.82) is 0 Å². The van der Waals surface area contributed by atoms with Crippen LogP contribution in [0.25, 0.3) is 11.3 Å². The molecule has 116 valence electrons. The Morgan fingerprint density at radius 3 is 1.96 bits per heavy atom. The summed E-state index contributed by atoms with van der Waals surface area (Å²) in [6.45, 7) is 0. The molecule has 0 saturated heterocycles. The second kappa shape index (κ2) is 6.50. The van der Waals surface area contributed by atoms with Gasteiger partial charge in [0.25, 0.3) is 0 Å². The number of pyridine rings is 1. The highest BCUT2D eigenvalue weighted by Gasteiger charge is 2.22. The molecule has 2 heterocycles. The average molecular weight is 312 g/mol. The fourth-order valence-electron chi connectivity index (χ4n) is 2.83. The van der Waals surface area contributed by atoms with Gasteiger partial charge in [-0.2, -0.15) is 0 Å². The molecular weight excluding hydrogens is 296 g/mol. The summed E-state index contributed by atoms with van der Waals surface area (Å²) < 4.78 is 6.09. The normalized spacial score (nSPS) is 10.9. The monoisotopic (exact) mass is 312 g/mol. The van der Waals surface area contributed by atoms with E-state index in [4.69, 9.17) is 4.42 Å². The van der Waals surface area contributed by atoms with Crippen LogP contribution in [-0.4, -0.2) is 9.97 Å². The van der Waals surface area contributed by atoms with Gasteiger partial charge in [-0.1, -0.05) is 60.7 Å². The molecule has 0 aliphatic heterocycles. The van der Waals surface area contributed by atoms with Crippen LogP contribution in [0.1, 0.15) is 22.9 Å². The Balaban J connectivity index is 1.79. The molecule has 3 heteroatoms. The van der Waals surface area contributed by atoms with Crippen molar-refractivity contribution in [3.8, 4) is 11.3 Å². The lowest BCUT2D eigenvalue weighted by Crippen LogP contribution is -2.03. The Labute approximate surface area is 140 Å². The zero-order chi connectivity index (χ0) is 16.2. The molecular formula is C21H16N2O. The van der Waals surface area contributed by atoms with E-state index in [1.54, 1.807) is 18.6 Å². The van der Waals surface area contributed by atoms with Crippen LogP contribution in [0.2, 0.25) is 0 Å². The van der Waals surface area contributed by atoms with Crippen molar-refractivity contribution < 1.29 is 4.42 Å². The van der Waals surface area contributed by atoms with Crippen molar-refractivity contribution in [1.82, 2.24) is 9.97 Å². The van der Waals surface area contributed by atoms with Gasteiger partial charge < -0.3 is 4.42 Å². The lowest BCUT2D eigenvalue weighted by Gasteiger charge is -2.14. The van der Waals surface area contributed by atoms with E-state index in [9.17, 15) is 0 Å². The van der Waals surface area contributed by atoms with Crippen LogP contribution < -0.4 is 0 Å². The van der Waals surface area contributed by atoms with Crippen molar-refractivity contribution >= 4 is 0 Å². The molecule has 0 spiro atoms. The molecule has 2 aromatic carbocycles. The molecule has 0 radical (unpaired) electrons. The Hall–Kier alpha value is -3.20. The van der Waals surface area contributed by atoms with Crippen LogP contribution in [0.15, 0.2) is 95.8 Å². The van der Waals surface area contributed by atoms with Crippen LogP contribution in [-0.2, 0) is 0 Å². The van der Waals surface area contributed by atoms with Gasteiger partial charge in [0.1, 0.15) is 0 Å². The molecule has 0 atom stereocenters. The summed E-state index contributed by atoms with van der Waals surface area (Å²) in [6.07, 6.45) is 5.30. The fraction of sp³-hybridized carbons (Fsp3) is 0.0476. The first-order valence-electron chi connectivity index (χ1n) is 7.88. The van der Waals surface area contributed by atoms with E-state index in [1.165, 1.54) is 0 Å². The zero-order valence-corrected chi connectivity index (χ0v) is 13.0. The molecule has 4 aromatic rings. The predicted octanol–water partition coefficient (Wildman–Crippen LogP) is 4.92. The number of aromatic nitrogens is 2. The third-order valence-corrected chi connectivity index (χ3v) is 3.98. The van der Waals surface area contributed by atoms with Gasteiger partial charge in [-0.15, -0.1) is 0 Å². The second-order valence-corrected chi connectivity index (χ2v) is 5.56. The minimum Gasteiger partial charge on any atom is -0.440 e. The lowest BCUT2D eigenvalue weighted by atomic mass is 9.91. The first-order valence-corrected chi connectivity index (χ1v) is 7.88. The predicted molar refractivity (Wildman–Crippen MR) is 93.6 cm³/mol. The fourth-order valence-corrected chi connectivity index (χ4v) is 2.83. The molecule has 0 fully saturated rings. The molecule has 0 bridgehead atoms. The highest BCUT2D eigenvalue weighted by atomic mass is 16.4. The largest absolute Gasteiger partial charge is 0.440 e. The SMILES string of the molecule is c1ccc(C(c2ccccc2)c2ncc(-c3cccnc3)o2)cc1. The molecule has 0 aliphatic carbocycles. The molecule has 0 aliphatic rings. The standard InChI is InChI=1S/C21H16N2O/c1-3-8-16(9-4-1)20(17-10-5-2-6-11-17)21-23-15-19(24-21)18-12-7-13-22-14-18/h1-15,20H. The van der Waals surface area contributed by atoms with Crippen LogP contribution in [0.4, 0.5) is 0 Å². The van der Waals surface area contributed by atoms with Crippen molar-refractivity contribution in [2.45, 2.75) is 5.92 Å². The Morgan fingerprint density at radius 2 is 1.38 bits per heavy atom. The van der Waals surface area contributed by atoms with Gasteiger partial charge in [-0.3, -0.25) is 4.98 Å². The topological polar surface area (TPSA) is 38.9 Å². The number of benzene rings is 2. The first-order chi connectivity index (χ1) is 11.9. The third kappa shape index (κ3) is 2.84. The van der Waals surface area contributed by atoms with Crippen LogP contribution in [0, 0.1) is 0 Å². The lowest BCUT2D eigenvalue weighted by molar-refractivity contribution is 0.499. The summed E-state index contributed by atoms with van der Waals surface area (Å²) >= 11 is 0. The minimum absolute atomic E-state index is 0.0298. The third-order valence-electron chi connectivity index (χ3n) is 3.98. The maximum absolute atomic E-state index is 6.09. The van der Waals surface area contributed by atoms with Gasteiger partial charge >= 0.3 is 0 Å². The maximum Gasteiger partial charge on any atom is 0.206 e. The maximum atomic E-state index is 6.09. The zero-order valence-electron chi connectivity index (χ0n) is 13.0. The van der Waals surface area contributed by atoms with Crippen molar-refractivity contribution in [3.63, 3.8) is 0 Å². The molecule has 2 aromatic heterocycles. The summed E-state index contributed by atoms with van der Waals surface area (Å²) in [5.74, 6) is 1.39. The first kappa shape index (κ1) is 14.4. The second-order valence-electron chi connectivity index (χ2n) is 5.56. The summed E-state index contributed by atoms with van der Waals surface area (Å²) in [7, 11) is 0. The molecule has 4 rings (SSSR count). The van der Waals surface area contributed by atoms with Gasteiger partial charge in [0, 0.05) is 18.0 Å². The molecule has 0 N–H and O–H groups in total. The molecule has 3 nitrogen and oxygen atoms in total. The Bertz CT molecular complexity index is 863. The van der Waals surface area contributed by atoms with Crippen molar-refractivity contribution in [2.24, 2.45) is 0 Å². The molecule has 0 saturated carbocycles. The molecule has 0 unspecified atom stereocenters. The number of rotatable bonds is 4. The number of hydrogen-bond donors (Lipinski definition) is 0. The van der Waals surface area contributed by atoms with E-state index in [1.807, 2.05) is 48.5 Å². The number of nitrogens with zero attached hydrogens (tertiary/aromatic N) is 2. The highest BCUT2D eigenvalue weighted by Crippen LogP contribution is 2.33. The van der Waals surface area contributed by atoms with E-state index < -0.39 is 0 Å². The minimum atomic E-state index is -0.0298. The van der Waals surface area contributed by atoms with Crippen LogP contribution in [0.5, 0.6) is 0 Å². The average Bonchev–Trinajstić information content (AvgIpc) is 3.14. The van der Waals surface area contributed by atoms with Crippen LogP contribution in [0.3, 0.4) is 0 Å². The van der Waals surface area contributed by atoms with Crippen LogP contribution >= 0.6 is 0 Å². The van der Waals surface area contributed by atoms with E-state index in [0.29, 0.717) is 5.89 Å². The summed E-state index contributed by atoms with van der Waals surface area (Å²) in [5, 5.41) is 0. The molecule has 0 amide bonds. The summed E-state index contributed by atoms with van der Waals surface area (Å²) in [4.78, 5) is 8.69. The highest BCUT2D eigenvalue weighted by molar-refractivity contribution is 5.54. The van der Waals surface area contributed by atoms with E-state index >= 15 is 0 Å². The van der Waals surface area contributed by atoms with Crippen molar-refractivity contribution in [2.75, 3.05) is 0 Å². The van der Waals surface area contributed by atoms with E-state index in [0.717, 1.165) is 22.5 Å². The number of oxazole rings is 1. The van der Waals surface area contributed by atoms with Gasteiger partial charge in [-0.05, 0) is 23.3 Å². The number of hydrogen-bond acceptors (Lipinski definition) is 3. The van der Waals surface area contributed by atoms with Crippen molar-refractivity contribution in [3.05, 3.63) is 108 Å². The smallest absolute Gasteiger partial charge is 0.206 e. The summed E-state index contributed by atoms with van der Waals surface area (Å²) in [5.41, 5.74) is 3.24. The van der Waals surface area contributed by atoms with E-state index in [-0.39, 0.29) is 5.92 Å². The summed E-state index contributed by atoms with van der Waals surface area (Å²) in [6, 6.07) is 24.5. The van der Waals surface area contributed by atoms with Gasteiger partial charge in [-0.25, -0.2) is 4.98 Å². The molecule has 24 heavy (non-hydrogen) atoms. The van der Waals surface area contributed by atoms with Gasteiger partial charge in [0.2, 0.25) is 5.89 Å². The Kier molecular flexibility index (Phi) is 3.90.